The molecule has 0 aliphatic carbocycles. The van der Waals surface area contributed by atoms with E-state index in [-0.39, 0.29) is 5.41 Å². The van der Waals surface area contributed by atoms with Gasteiger partial charge in [-0.3, -0.25) is 4.79 Å². The average Bonchev–Trinajstić information content (AvgIpc) is 2.17. The first-order chi connectivity index (χ1) is 7.33. The lowest BCUT2D eigenvalue weighted by molar-refractivity contribution is -0.139. The van der Waals surface area contributed by atoms with Gasteiger partial charge in [0.2, 0.25) is 0 Å². The summed E-state index contributed by atoms with van der Waals surface area (Å²) in [5.74, 6) is -0.977. The van der Waals surface area contributed by atoms with Crippen molar-refractivity contribution in [2.24, 2.45) is 5.73 Å². The van der Waals surface area contributed by atoms with Gasteiger partial charge in [-0.1, -0.05) is 37.6 Å². The van der Waals surface area contributed by atoms with Crippen molar-refractivity contribution in [2.45, 2.75) is 31.7 Å². The summed E-state index contributed by atoms with van der Waals surface area (Å²) in [4.78, 5) is 10.7. The Morgan fingerprint density at radius 2 is 2.19 bits per heavy atom. The lowest BCUT2D eigenvalue weighted by Crippen LogP contribution is -2.36. The molecule has 4 heteroatoms. The molecule has 1 aromatic rings. The Bertz CT molecular complexity index is 390. The third kappa shape index (κ3) is 3.22. The second kappa shape index (κ2) is 4.85. The summed E-state index contributed by atoms with van der Waals surface area (Å²) >= 11 is 5.90. The quantitative estimate of drug-likeness (QED) is 0.851. The van der Waals surface area contributed by atoms with Gasteiger partial charge in [0.05, 0.1) is 0 Å². The molecule has 3 N–H and O–H groups in total. The summed E-state index contributed by atoms with van der Waals surface area (Å²) in [5.41, 5.74) is 6.24. The van der Waals surface area contributed by atoms with Crippen LogP contribution in [0.4, 0.5) is 0 Å². The van der Waals surface area contributed by atoms with Gasteiger partial charge in [0.15, 0.2) is 0 Å². The molecule has 0 saturated heterocycles. The summed E-state index contributed by atoms with van der Waals surface area (Å²) in [6, 6.07) is 6.56. The van der Waals surface area contributed by atoms with Crippen molar-refractivity contribution in [2.75, 3.05) is 0 Å². The second-order valence-corrected chi connectivity index (χ2v) is 4.98. The number of carbonyl (C=O) groups is 1. The van der Waals surface area contributed by atoms with Gasteiger partial charge in [0, 0.05) is 5.02 Å². The Hall–Kier alpha value is -1.06. The molecule has 1 rings (SSSR count). The summed E-state index contributed by atoms with van der Waals surface area (Å²) < 4.78 is 0. The number of halogens is 1. The van der Waals surface area contributed by atoms with Gasteiger partial charge in [-0.05, 0) is 29.5 Å². The normalized spacial score (nSPS) is 13.5. The van der Waals surface area contributed by atoms with Crippen LogP contribution in [0.15, 0.2) is 24.3 Å². The highest BCUT2D eigenvalue weighted by Crippen LogP contribution is 2.29. The Labute approximate surface area is 100 Å². The fraction of sp³-hybridized carbons (Fsp3) is 0.417. The average molecular weight is 242 g/mol. The van der Waals surface area contributed by atoms with Crippen molar-refractivity contribution >= 4 is 17.6 Å². The highest BCUT2D eigenvalue weighted by atomic mass is 35.5. The van der Waals surface area contributed by atoms with E-state index < -0.39 is 12.0 Å². The first-order valence-electron chi connectivity index (χ1n) is 5.07. The molecule has 0 amide bonds. The molecule has 0 radical (unpaired) electrons. The Kier molecular flexibility index (Phi) is 3.94. The predicted octanol–water partition coefficient (Wildman–Crippen LogP) is 2.42. The number of rotatable bonds is 4. The first kappa shape index (κ1) is 13.0. The monoisotopic (exact) mass is 241 g/mol. The lowest BCUT2D eigenvalue weighted by Gasteiger charge is -2.27. The van der Waals surface area contributed by atoms with Crippen LogP contribution < -0.4 is 5.73 Å². The number of hydrogen-bond acceptors (Lipinski definition) is 2. The maximum atomic E-state index is 10.7. The van der Waals surface area contributed by atoms with Crippen LogP contribution in [0.25, 0.3) is 0 Å². The number of carboxylic acids is 1. The lowest BCUT2D eigenvalue weighted by atomic mass is 9.79. The van der Waals surface area contributed by atoms with E-state index in [9.17, 15) is 4.79 Å². The number of aliphatic carboxylic acids is 1. The van der Waals surface area contributed by atoms with Gasteiger partial charge in [0.25, 0.3) is 0 Å². The highest BCUT2D eigenvalue weighted by Gasteiger charge is 2.26. The van der Waals surface area contributed by atoms with Gasteiger partial charge in [0.1, 0.15) is 6.04 Å². The van der Waals surface area contributed by atoms with E-state index in [0.717, 1.165) is 5.56 Å². The molecule has 0 aliphatic rings. The summed E-state index contributed by atoms with van der Waals surface area (Å²) in [6.45, 7) is 3.92. The van der Waals surface area contributed by atoms with Crippen LogP contribution >= 0.6 is 11.6 Å². The van der Waals surface area contributed by atoms with Gasteiger partial charge in [-0.2, -0.15) is 0 Å². The minimum Gasteiger partial charge on any atom is -0.480 e. The van der Waals surface area contributed by atoms with Crippen LogP contribution in [0.3, 0.4) is 0 Å². The molecule has 0 aliphatic heterocycles. The summed E-state index contributed by atoms with van der Waals surface area (Å²) in [6.07, 6.45) is 0.378. The molecule has 88 valence electrons. The van der Waals surface area contributed by atoms with Crippen molar-refractivity contribution in [1.82, 2.24) is 0 Å². The van der Waals surface area contributed by atoms with Crippen molar-refractivity contribution in [1.29, 1.82) is 0 Å². The van der Waals surface area contributed by atoms with Crippen LogP contribution in [-0.2, 0) is 10.2 Å². The van der Waals surface area contributed by atoms with E-state index in [0.29, 0.717) is 11.4 Å². The van der Waals surface area contributed by atoms with E-state index in [4.69, 9.17) is 22.4 Å². The van der Waals surface area contributed by atoms with E-state index in [1.807, 2.05) is 32.0 Å². The Morgan fingerprint density at radius 3 is 2.69 bits per heavy atom. The summed E-state index contributed by atoms with van der Waals surface area (Å²) in [7, 11) is 0. The number of carboxylic acid groups (broad SMARTS) is 1. The number of hydrogen-bond donors (Lipinski definition) is 2. The Balaban J connectivity index is 2.89. The molecular formula is C12H16ClNO2. The van der Waals surface area contributed by atoms with Crippen molar-refractivity contribution < 1.29 is 9.90 Å². The minimum atomic E-state index is -0.977. The maximum absolute atomic E-state index is 10.7. The van der Waals surface area contributed by atoms with Gasteiger partial charge >= 0.3 is 5.97 Å². The molecule has 3 nitrogen and oxygen atoms in total. The molecular weight excluding hydrogens is 226 g/mol. The third-order valence-corrected chi connectivity index (χ3v) is 2.89. The second-order valence-electron chi connectivity index (χ2n) is 4.54. The zero-order valence-electron chi connectivity index (χ0n) is 9.40. The van der Waals surface area contributed by atoms with Gasteiger partial charge < -0.3 is 10.8 Å². The van der Waals surface area contributed by atoms with Crippen molar-refractivity contribution in [3.63, 3.8) is 0 Å². The van der Waals surface area contributed by atoms with Crippen LogP contribution in [0.5, 0.6) is 0 Å². The molecule has 1 atom stereocenters. The smallest absolute Gasteiger partial charge is 0.320 e. The zero-order valence-corrected chi connectivity index (χ0v) is 10.2. The first-order valence-corrected chi connectivity index (χ1v) is 5.45. The van der Waals surface area contributed by atoms with Crippen molar-refractivity contribution in [3.8, 4) is 0 Å². The molecule has 0 aromatic heterocycles. The standard InChI is InChI=1S/C12H16ClNO2/c1-12(2,7-10(14)11(15)16)8-4-3-5-9(13)6-8/h3-6,10H,7,14H2,1-2H3,(H,15,16). The number of nitrogens with two attached hydrogens (primary N) is 1. The van der Waals surface area contributed by atoms with Crippen molar-refractivity contribution in [3.05, 3.63) is 34.9 Å². The molecule has 0 heterocycles. The van der Waals surface area contributed by atoms with E-state index in [2.05, 4.69) is 0 Å². The van der Waals surface area contributed by atoms with Gasteiger partial charge in [-0.15, -0.1) is 0 Å². The van der Waals surface area contributed by atoms with Crippen LogP contribution in [0, 0.1) is 0 Å². The fourth-order valence-corrected chi connectivity index (χ4v) is 1.85. The molecule has 0 saturated carbocycles. The molecule has 1 unspecified atom stereocenters. The summed E-state index contributed by atoms with van der Waals surface area (Å²) in [5, 5.41) is 9.44. The molecule has 1 aromatic carbocycles. The van der Waals surface area contributed by atoms with Crippen LogP contribution in [0.2, 0.25) is 5.02 Å². The topological polar surface area (TPSA) is 63.3 Å². The zero-order chi connectivity index (χ0) is 12.3. The van der Waals surface area contributed by atoms with Crippen LogP contribution in [-0.4, -0.2) is 17.1 Å². The molecule has 0 bridgehead atoms. The van der Waals surface area contributed by atoms with E-state index in [1.165, 1.54) is 0 Å². The minimum absolute atomic E-state index is 0.303. The highest BCUT2D eigenvalue weighted by molar-refractivity contribution is 6.30. The number of benzene rings is 1. The molecule has 16 heavy (non-hydrogen) atoms. The molecule has 0 spiro atoms. The van der Waals surface area contributed by atoms with Crippen LogP contribution in [0.1, 0.15) is 25.8 Å². The fourth-order valence-electron chi connectivity index (χ4n) is 1.66. The molecule has 0 fully saturated rings. The SMILES string of the molecule is CC(C)(CC(N)C(=O)O)c1cccc(Cl)c1. The van der Waals surface area contributed by atoms with E-state index in [1.54, 1.807) is 6.07 Å². The third-order valence-electron chi connectivity index (χ3n) is 2.65. The Morgan fingerprint density at radius 1 is 1.56 bits per heavy atom. The van der Waals surface area contributed by atoms with Gasteiger partial charge in [-0.25, -0.2) is 0 Å². The maximum Gasteiger partial charge on any atom is 0.320 e. The van der Waals surface area contributed by atoms with E-state index >= 15 is 0 Å². The predicted molar refractivity (Wildman–Crippen MR) is 64.7 cm³/mol. The largest absolute Gasteiger partial charge is 0.480 e.